The number of piperidine rings is 1. The molecule has 1 saturated carbocycles. The van der Waals surface area contributed by atoms with Gasteiger partial charge in [0.05, 0.1) is 24.9 Å². The molecule has 0 spiro atoms. The molecule has 4 aliphatic rings. The number of aliphatic hydroxyl groups excluding tert-OH is 1. The Hall–Kier alpha value is -0.630. The number of nitrogens with zero attached hydrogens (tertiary/aromatic N) is 2. The second-order valence-electron chi connectivity index (χ2n) is 9.41. The van der Waals surface area contributed by atoms with Crippen molar-refractivity contribution in [3.63, 3.8) is 0 Å². The molecule has 0 aromatic heterocycles. The Kier molecular flexibility index (Phi) is 7.36. The van der Waals surface area contributed by atoms with E-state index in [4.69, 9.17) is 4.74 Å². The van der Waals surface area contributed by atoms with E-state index in [1.165, 1.54) is 0 Å². The summed E-state index contributed by atoms with van der Waals surface area (Å²) in [4.78, 5) is 0. The van der Waals surface area contributed by atoms with E-state index in [9.17, 15) is 13.5 Å². The number of hydrogen-bond acceptors (Lipinski definition) is 9. The van der Waals surface area contributed by atoms with Crippen molar-refractivity contribution in [2.24, 2.45) is 11.8 Å². The number of hydrogen-bond donors (Lipinski definition) is 5. The van der Waals surface area contributed by atoms with Gasteiger partial charge in [0.2, 0.25) is 10.0 Å². The average molecular weight is 459 g/mol. The molecule has 3 heterocycles. The number of ether oxygens (including phenoxy) is 1. The summed E-state index contributed by atoms with van der Waals surface area (Å²) in [6, 6.07) is -0.183. The lowest BCUT2D eigenvalue weighted by molar-refractivity contribution is 0.00328. The highest BCUT2D eigenvalue weighted by Crippen LogP contribution is 2.33. The summed E-state index contributed by atoms with van der Waals surface area (Å²) in [6.45, 7) is 6.47. The number of likely N-dealkylation sites (N-methyl/N-ethyl adjacent to an activating group) is 1. The first kappa shape index (κ1) is 23.5. The first-order valence-corrected chi connectivity index (χ1v) is 12.9. The van der Waals surface area contributed by atoms with E-state index in [1.807, 2.05) is 17.1 Å². The zero-order valence-corrected chi connectivity index (χ0v) is 19.4. The number of hydrazine groups is 2. The lowest BCUT2D eigenvalue weighted by Gasteiger charge is -2.41. The second-order valence-corrected chi connectivity index (χ2v) is 11.4. The van der Waals surface area contributed by atoms with Gasteiger partial charge in [0.15, 0.2) is 0 Å². The van der Waals surface area contributed by atoms with Crippen LogP contribution in [-0.2, 0) is 14.8 Å². The highest BCUT2D eigenvalue weighted by Gasteiger charge is 2.48. The fraction of sp³-hybridized carbons (Fsp3) is 0.900. The van der Waals surface area contributed by atoms with E-state index in [1.54, 1.807) is 7.11 Å². The number of fused-ring (bicyclic) bond motifs is 1. The first-order chi connectivity index (χ1) is 14.8. The van der Waals surface area contributed by atoms with Crippen LogP contribution in [-0.4, -0.2) is 100 Å². The van der Waals surface area contributed by atoms with E-state index < -0.39 is 15.3 Å². The molecule has 31 heavy (non-hydrogen) atoms. The standard InChI is InChI=1S/C20H38N6O4S/c1-13(12-27)14-6-7-21-18(8-14)26-11-16(10-23-26)31(28,29)24-19-17(30-3)5-4-15-9-22-25(2)20(15)19/h14-24,27H,1,4-12H2,2-3H3. The molecule has 5 N–H and O–H groups in total. The van der Waals surface area contributed by atoms with Crippen molar-refractivity contribution in [1.82, 2.24) is 30.9 Å². The molecule has 4 fully saturated rings. The van der Waals surface area contributed by atoms with E-state index >= 15 is 0 Å². The van der Waals surface area contributed by atoms with E-state index in [0.29, 0.717) is 19.0 Å². The topological polar surface area (TPSA) is 118 Å². The summed E-state index contributed by atoms with van der Waals surface area (Å²) in [7, 11) is 0.101. The summed E-state index contributed by atoms with van der Waals surface area (Å²) in [5, 5.41) is 16.4. The van der Waals surface area contributed by atoms with Crippen LogP contribution in [0.2, 0.25) is 0 Å². The Bertz CT molecular complexity index is 752. The monoisotopic (exact) mass is 458 g/mol. The van der Waals surface area contributed by atoms with Gasteiger partial charge in [0.25, 0.3) is 0 Å². The number of methoxy groups -OCH3 is 1. The van der Waals surface area contributed by atoms with Crippen molar-refractivity contribution in [3.05, 3.63) is 12.2 Å². The molecule has 11 heteroatoms. The van der Waals surface area contributed by atoms with Crippen molar-refractivity contribution < 1.29 is 18.3 Å². The molecule has 0 aromatic rings. The van der Waals surface area contributed by atoms with Gasteiger partial charge in [0.1, 0.15) is 5.25 Å². The van der Waals surface area contributed by atoms with Crippen molar-refractivity contribution in [3.8, 4) is 0 Å². The zero-order valence-electron chi connectivity index (χ0n) is 18.6. The lowest BCUT2D eigenvalue weighted by Crippen LogP contribution is -2.61. The Morgan fingerprint density at radius 3 is 2.81 bits per heavy atom. The minimum atomic E-state index is -3.54. The third-order valence-electron chi connectivity index (χ3n) is 7.63. The second kappa shape index (κ2) is 9.70. The average Bonchev–Trinajstić information content (AvgIpc) is 3.41. The number of aliphatic hydroxyl groups is 1. The van der Waals surface area contributed by atoms with Crippen LogP contribution in [0.25, 0.3) is 0 Å². The normalized spacial score (nSPS) is 40.2. The van der Waals surface area contributed by atoms with Crippen molar-refractivity contribution in [2.75, 3.05) is 46.9 Å². The molecule has 0 bridgehead atoms. The Balaban J connectivity index is 1.40. The molecule has 3 saturated heterocycles. The van der Waals surface area contributed by atoms with Crippen LogP contribution < -0.4 is 20.9 Å². The Labute approximate surface area is 185 Å². The molecule has 178 valence electrons. The van der Waals surface area contributed by atoms with Crippen LogP contribution in [0, 0.1) is 11.8 Å². The molecular weight excluding hydrogens is 420 g/mol. The molecular formula is C20H38N6O4S. The van der Waals surface area contributed by atoms with Gasteiger partial charge in [-0.3, -0.25) is 10.9 Å². The zero-order chi connectivity index (χ0) is 22.2. The maximum absolute atomic E-state index is 13.4. The van der Waals surface area contributed by atoms with Gasteiger partial charge in [-0.1, -0.05) is 6.58 Å². The van der Waals surface area contributed by atoms with Crippen LogP contribution in [0.4, 0.5) is 0 Å². The smallest absolute Gasteiger partial charge is 0.217 e. The van der Waals surface area contributed by atoms with Gasteiger partial charge in [-0.2, -0.15) is 0 Å². The quantitative estimate of drug-likeness (QED) is 0.293. The SMILES string of the molecule is C=C(CO)C1CCNC(N2CC(S(=O)(=O)NC3C(OC)CCC4CNN(C)C43)CN2)C1. The number of sulfonamides is 1. The molecule has 7 unspecified atom stereocenters. The van der Waals surface area contributed by atoms with Crippen LogP contribution >= 0.6 is 0 Å². The van der Waals surface area contributed by atoms with Crippen LogP contribution in [0.5, 0.6) is 0 Å². The number of rotatable bonds is 7. The molecule has 0 aromatic carbocycles. The van der Waals surface area contributed by atoms with E-state index in [-0.39, 0.29) is 36.9 Å². The maximum atomic E-state index is 13.4. The number of nitrogens with one attached hydrogen (secondary N) is 4. The van der Waals surface area contributed by atoms with Crippen molar-refractivity contribution >= 4 is 10.0 Å². The van der Waals surface area contributed by atoms with Gasteiger partial charge in [0, 0.05) is 39.8 Å². The fourth-order valence-electron chi connectivity index (χ4n) is 5.73. The summed E-state index contributed by atoms with van der Waals surface area (Å²) < 4.78 is 35.4. The summed E-state index contributed by atoms with van der Waals surface area (Å²) in [5.41, 5.74) is 7.48. The van der Waals surface area contributed by atoms with Crippen LogP contribution in [0.3, 0.4) is 0 Å². The third-order valence-corrected chi connectivity index (χ3v) is 9.42. The summed E-state index contributed by atoms with van der Waals surface area (Å²) >= 11 is 0. The van der Waals surface area contributed by atoms with Gasteiger partial charge < -0.3 is 15.2 Å². The first-order valence-electron chi connectivity index (χ1n) is 11.4. The van der Waals surface area contributed by atoms with Crippen LogP contribution in [0.1, 0.15) is 25.7 Å². The maximum Gasteiger partial charge on any atom is 0.217 e. The van der Waals surface area contributed by atoms with Gasteiger partial charge in [-0.25, -0.2) is 23.2 Å². The molecule has 7 atom stereocenters. The minimum absolute atomic E-state index is 0.000736. The Morgan fingerprint density at radius 1 is 1.26 bits per heavy atom. The molecule has 10 nitrogen and oxygen atoms in total. The molecule has 0 radical (unpaired) electrons. The highest BCUT2D eigenvalue weighted by molar-refractivity contribution is 7.90. The van der Waals surface area contributed by atoms with E-state index in [0.717, 1.165) is 44.3 Å². The lowest BCUT2D eigenvalue weighted by atomic mass is 9.80. The van der Waals surface area contributed by atoms with Gasteiger partial charge in [-0.05, 0) is 49.6 Å². The van der Waals surface area contributed by atoms with Gasteiger partial charge >= 0.3 is 0 Å². The third kappa shape index (κ3) is 4.85. The largest absolute Gasteiger partial charge is 0.392 e. The predicted molar refractivity (Wildman–Crippen MR) is 118 cm³/mol. The van der Waals surface area contributed by atoms with E-state index in [2.05, 4.69) is 27.5 Å². The fourth-order valence-corrected chi connectivity index (χ4v) is 7.24. The highest BCUT2D eigenvalue weighted by atomic mass is 32.2. The molecule has 4 rings (SSSR count). The van der Waals surface area contributed by atoms with Crippen LogP contribution in [0.15, 0.2) is 12.2 Å². The Morgan fingerprint density at radius 2 is 2.06 bits per heavy atom. The van der Waals surface area contributed by atoms with Crippen molar-refractivity contribution in [2.45, 2.75) is 55.3 Å². The van der Waals surface area contributed by atoms with Gasteiger partial charge in [-0.15, -0.1) is 0 Å². The summed E-state index contributed by atoms with van der Waals surface area (Å²) in [6.07, 6.45) is 3.54. The minimum Gasteiger partial charge on any atom is -0.392 e. The van der Waals surface area contributed by atoms with Crippen molar-refractivity contribution in [1.29, 1.82) is 0 Å². The molecule has 3 aliphatic heterocycles. The molecule has 0 amide bonds. The summed E-state index contributed by atoms with van der Waals surface area (Å²) in [5.74, 6) is 0.671. The molecule has 1 aliphatic carbocycles. The predicted octanol–water partition coefficient (Wildman–Crippen LogP) is -1.42.